The van der Waals surface area contributed by atoms with E-state index in [1.54, 1.807) is 0 Å². The lowest BCUT2D eigenvalue weighted by Crippen LogP contribution is -2.28. The standard InChI is InChI=1S/C43H31N/c1-3-13-31(14-4-1)34-16-12-20-38(30-34)44-37-27-25-32(26-28-37)33-15-11-19-36(29-33)43(35-17-5-2-6-18-35)41-23-9-7-21-39(41)40-22-8-10-24-42(40)43/h1-30,44H. The molecule has 208 valence electrons. The van der Waals surface area contributed by atoms with Crippen molar-refractivity contribution in [3.05, 3.63) is 204 Å². The number of hydrogen-bond donors (Lipinski definition) is 1. The first-order valence-corrected chi connectivity index (χ1v) is 15.2. The predicted octanol–water partition coefficient (Wildman–Crippen LogP) is 11.1. The minimum atomic E-state index is -0.393. The van der Waals surface area contributed by atoms with Crippen LogP contribution in [0.25, 0.3) is 33.4 Å². The molecular weight excluding hydrogens is 530 g/mol. The van der Waals surface area contributed by atoms with Crippen molar-refractivity contribution in [1.82, 2.24) is 0 Å². The third kappa shape index (κ3) is 4.33. The van der Waals surface area contributed by atoms with Crippen LogP contribution in [0.5, 0.6) is 0 Å². The maximum Gasteiger partial charge on any atom is 0.0713 e. The highest BCUT2D eigenvalue weighted by Crippen LogP contribution is 2.56. The van der Waals surface area contributed by atoms with Crippen LogP contribution in [0, 0.1) is 0 Å². The van der Waals surface area contributed by atoms with Crippen LogP contribution in [0.2, 0.25) is 0 Å². The van der Waals surface area contributed by atoms with Crippen molar-refractivity contribution in [1.29, 1.82) is 0 Å². The number of benzene rings is 7. The van der Waals surface area contributed by atoms with E-state index in [2.05, 4.69) is 187 Å². The number of hydrogen-bond acceptors (Lipinski definition) is 1. The van der Waals surface area contributed by atoms with Gasteiger partial charge in [-0.05, 0) is 86.0 Å². The van der Waals surface area contributed by atoms with Gasteiger partial charge in [0.1, 0.15) is 0 Å². The molecule has 7 aromatic rings. The van der Waals surface area contributed by atoms with Gasteiger partial charge in [-0.25, -0.2) is 0 Å². The Kier molecular flexibility index (Phi) is 6.43. The molecule has 1 nitrogen and oxygen atoms in total. The molecule has 0 saturated heterocycles. The molecule has 1 aliphatic rings. The smallest absolute Gasteiger partial charge is 0.0713 e. The summed E-state index contributed by atoms with van der Waals surface area (Å²) in [5.41, 5.74) is 14.4. The molecule has 0 radical (unpaired) electrons. The summed E-state index contributed by atoms with van der Waals surface area (Å²) in [6.07, 6.45) is 0. The Hall–Kier alpha value is -5.66. The molecule has 0 spiro atoms. The Balaban J connectivity index is 1.17. The first kappa shape index (κ1) is 26.0. The fraction of sp³-hybridized carbons (Fsp3) is 0.0233. The van der Waals surface area contributed by atoms with Gasteiger partial charge in [0, 0.05) is 11.4 Å². The summed E-state index contributed by atoms with van der Waals surface area (Å²) >= 11 is 0. The molecule has 0 aromatic heterocycles. The summed E-state index contributed by atoms with van der Waals surface area (Å²) in [6, 6.07) is 65.7. The van der Waals surface area contributed by atoms with Crippen molar-refractivity contribution in [2.45, 2.75) is 5.41 Å². The SMILES string of the molecule is c1ccc(-c2cccc(Nc3ccc(-c4cccc(C5(c6ccccc6)c6ccccc6-c6ccccc65)c4)cc3)c2)cc1. The van der Waals surface area contributed by atoms with E-state index in [0.717, 1.165) is 11.4 Å². The zero-order chi connectivity index (χ0) is 29.3. The van der Waals surface area contributed by atoms with Crippen molar-refractivity contribution in [2.75, 3.05) is 5.32 Å². The summed E-state index contributed by atoms with van der Waals surface area (Å²) in [5.74, 6) is 0. The Bertz CT molecular complexity index is 2030. The van der Waals surface area contributed by atoms with Gasteiger partial charge >= 0.3 is 0 Å². The van der Waals surface area contributed by atoms with Crippen molar-refractivity contribution in [3.8, 4) is 33.4 Å². The van der Waals surface area contributed by atoms with E-state index in [9.17, 15) is 0 Å². The number of fused-ring (bicyclic) bond motifs is 3. The number of nitrogens with one attached hydrogen (secondary N) is 1. The Morgan fingerprint density at radius 1 is 0.318 bits per heavy atom. The van der Waals surface area contributed by atoms with E-state index in [4.69, 9.17) is 0 Å². The van der Waals surface area contributed by atoms with Crippen molar-refractivity contribution < 1.29 is 0 Å². The molecule has 1 N–H and O–H groups in total. The van der Waals surface area contributed by atoms with E-state index in [1.165, 1.54) is 55.6 Å². The highest BCUT2D eigenvalue weighted by Gasteiger charge is 2.45. The van der Waals surface area contributed by atoms with Gasteiger partial charge in [0.05, 0.1) is 5.41 Å². The van der Waals surface area contributed by atoms with Crippen LogP contribution >= 0.6 is 0 Å². The molecule has 0 heterocycles. The molecule has 1 aliphatic carbocycles. The van der Waals surface area contributed by atoms with Crippen LogP contribution in [0.1, 0.15) is 22.3 Å². The average molecular weight is 562 g/mol. The summed E-state index contributed by atoms with van der Waals surface area (Å²) in [4.78, 5) is 0. The lowest BCUT2D eigenvalue weighted by molar-refractivity contribution is 0.769. The van der Waals surface area contributed by atoms with Gasteiger partial charge in [0.25, 0.3) is 0 Å². The average Bonchev–Trinajstić information content (AvgIpc) is 3.41. The van der Waals surface area contributed by atoms with Crippen LogP contribution in [-0.2, 0) is 5.41 Å². The molecule has 7 aromatic carbocycles. The monoisotopic (exact) mass is 561 g/mol. The molecular formula is C43H31N. The molecule has 0 saturated carbocycles. The first-order chi connectivity index (χ1) is 21.8. The van der Waals surface area contributed by atoms with Crippen LogP contribution in [0.15, 0.2) is 182 Å². The minimum Gasteiger partial charge on any atom is -0.356 e. The second-order valence-electron chi connectivity index (χ2n) is 11.4. The normalized spacial score (nSPS) is 12.7. The molecule has 0 atom stereocenters. The second-order valence-corrected chi connectivity index (χ2v) is 11.4. The maximum atomic E-state index is 3.60. The van der Waals surface area contributed by atoms with Crippen LogP contribution in [0.3, 0.4) is 0 Å². The van der Waals surface area contributed by atoms with Gasteiger partial charge in [0.2, 0.25) is 0 Å². The third-order valence-corrected chi connectivity index (χ3v) is 8.93. The maximum absolute atomic E-state index is 3.60. The van der Waals surface area contributed by atoms with E-state index in [1.807, 2.05) is 0 Å². The van der Waals surface area contributed by atoms with Crippen molar-refractivity contribution in [3.63, 3.8) is 0 Å². The Morgan fingerprint density at radius 2 is 0.818 bits per heavy atom. The summed E-state index contributed by atoms with van der Waals surface area (Å²) in [7, 11) is 0. The molecule has 0 fully saturated rings. The van der Waals surface area contributed by atoms with E-state index in [-0.39, 0.29) is 0 Å². The van der Waals surface area contributed by atoms with Gasteiger partial charge in [0.15, 0.2) is 0 Å². The van der Waals surface area contributed by atoms with Crippen LogP contribution in [-0.4, -0.2) is 0 Å². The third-order valence-electron chi connectivity index (χ3n) is 8.93. The topological polar surface area (TPSA) is 12.0 Å². The minimum absolute atomic E-state index is 0.393. The lowest BCUT2D eigenvalue weighted by atomic mass is 9.67. The van der Waals surface area contributed by atoms with Crippen molar-refractivity contribution >= 4 is 11.4 Å². The van der Waals surface area contributed by atoms with E-state index >= 15 is 0 Å². The van der Waals surface area contributed by atoms with Crippen LogP contribution in [0.4, 0.5) is 11.4 Å². The molecule has 44 heavy (non-hydrogen) atoms. The largest absolute Gasteiger partial charge is 0.356 e. The summed E-state index contributed by atoms with van der Waals surface area (Å²) in [5, 5.41) is 3.60. The molecule has 0 amide bonds. The highest BCUT2D eigenvalue weighted by atomic mass is 14.9. The lowest BCUT2D eigenvalue weighted by Gasteiger charge is -2.34. The van der Waals surface area contributed by atoms with Crippen LogP contribution < -0.4 is 5.32 Å². The zero-order valence-electron chi connectivity index (χ0n) is 24.3. The fourth-order valence-electron chi connectivity index (χ4n) is 6.96. The number of rotatable bonds is 6. The Morgan fingerprint density at radius 3 is 1.50 bits per heavy atom. The van der Waals surface area contributed by atoms with Crippen molar-refractivity contribution in [2.24, 2.45) is 0 Å². The predicted molar refractivity (Wildman–Crippen MR) is 184 cm³/mol. The summed E-state index contributed by atoms with van der Waals surface area (Å²) < 4.78 is 0. The van der Waals surface area contributed by atoms with Gasteiger partial charge in [-0.1, -0.05) is 152 Å². The molecule has 0 aliphatic heterocycles. The molecule has 0 bridgehead atoms. The summed E-state index contributed by atoms with van der Waals surface area (Å²) in [6.45, 7) is 0. The molecule has 1 heteroatoms. The number of anilines is 2. The molecule has 0 unspecified atom stereocenters. The highest BCUT2D eigenvalue weighted by molar-refractivity contribution is 5.86. The fourth-order valence-corrected chi connectivity index (χ4v) is 6.96. The quantitative estimate of drug-likeness (QED) is 0.213. The van der Waals surface area contributed by atoms with E-state index in [0.29, 0.717) is 0 Å². The Labute approximate surface area is 259 Å². The van der Waals surface area contributed by atoms with E-state index < -0.39 is 5.41 Å². The van der Waals surface area contributed by atoms with Gasteiger partial charge in [-0.3, -0.25) is 0 Å². The van der Waals surface area contributed by atoms with Gasteiger partial charge < -0.3 is 5.32 Å². The van der Waals surface area contributed by atoms with Gasteiger partial charge in [-0.2, -0.15) is 0 Å². The second kappa shape index (κ2) is 10.9. The molecule has 8 rings (SSSR count). The zero-order valence-corrected chi connectivity index (χ0v) is 24.3. The first-order valence-electron chi connectivity index (χ1n) is 15.2. The van der Waals surface area contributed by atoms with Gasteiger partial charge in [-0.15, -0.1) is 0 Å².